The maximum Gasteiger partial charge on any atom is 0.304 e. The molecule has 0 rings (SSSR count). The molecule has 1 N–H and O–H groups in total. The summed E-state index contributed by atoms with van der Waals surface area (Å²) in [5, 5.41) is 8.34. The van der Waals surface area contributed by atoms with E-state index in [4.69, 9.17) is 5.11 Å². The summed E-state index contributed by atoms with van der Waals surface area (Å²) in [4.78, 5) is 10.2. The first-order valence-electron chi connectivity index (χ1n) is 3.31. The Labute approximate surface area is 66.3 Å². The van der Waals surface area contributed by atoms with Crippen LogP contribution < -0.4 is 0 Å². The monoisotopic (exact) mass is 180 g/mol. The topological polar surface area (TPSA) is 63.6 Å². The van der Waals surface area contributed by atoms with Gasteiger partial charge in [-0.05, 0) is 0 Å². The molecule has 0 saturated carbocycles. The van der Waals surface area contributed by atoms with Gasteiger partial charge in [-0.2, -0.15) is 0 Å². The highest BCUT2D eigenvalue weighted by Crippen LogP contribution is 2.29. The van der Waals surface area contributed by atoms with Crippen molar-refractivity contribution in [1.82, 2.24) is 0 Å². The number of hydrogen-bond acceptors (Lipinski definition) is 3. The van der Waals surface area contributed by atoms with Gasteiger partial charge in [0, 0.05) is 12.8 Å². The third-order valence-electron chi connectivity index (χ3n) is 1.32. The number of aliphatic carboxylic acids is 1. The van der Waals surface area contributed by atoms with Gasteiger partial charge in [-0.1, -0.05) is 6.92 Å². The fraction of sp³-hybridized carbons (Fsp3) is 0.833. The summed E-state index contributed by atoms with van der Waals surface area (Å²) in [7, 11) is -0.412. The molecule has 0 radical (unpaired) electrons. The Morgan fingerprint density at radius 1 is 1.73 bits per heavy atom. The van der Waals surface area contributed by atoms with Crippen molar-refractivity contribution in [3.05, 3.63) is 0 Å². The highest BCUT2D eigenvalue weighted by molar-refractivity contribution is 7.45. The van der Waals surface area contributed by atoms with Crippen molar-refractivity contribution in [3.63, 3.8) is 0 Å². The Morgan fingerprint density at radius 3 is 2.64 bits per heavy atom. The molecule has 0 aromatic heterocycles. The molecule has 5 heteroatoms. The molecule has 2 atom stereocenters. The quantitative estimate of drug-likeness (QED) is 0.641. The lowest BCUT2D eigenvalue weighted by molar-refractivity contribution is -0.136. The van der Waals surface area contributed by atoms with Gasteiger partial charge in [-0.3, -0.25) is 4.79 Å². The highest BCUT2D eigenvalue weighted by Gasteiger charge is 2.13. The van der Waals surface area contributed by atoms with Crippen molar-refractivity contribution in [2.75, 3.05) is 13.5 Å². The van der Waals surface area contributed by atoms with Gasteiger partial charge < -0.3 is 14.4 Å². The molecule has 0 spiro atoms. The summed E-state index contributed by atoms with van der Waals surface area (Å²) in [6.45, 7) is 1.66. The Morgan fingerprint density at radius 2 is 2.27 bits per heavy atom. The fourth-order valence-electron chi connectivity index (χ4n) is 0.660. The molecule has 0 amide bonds. The number of carboxylic acid groups (broad SMARTS) is 1. The summed E-state index contributed by atoms with van der Waals surface area (Å²) in [6, 6.07) is 0. The molecular formula is C6H13O4P. The summed E-state index contributed by atoms with van der Waals surface area (Å²) in [6.07, 6.45) is 0.139. The second-order valence-electron chi connectivity index (χ2n) is 2.40. The molecule has 0 fully saturated rings. The van der Waals surface area contributed by atoms with Gasteiger partial charge in [-0.25, -0.2) is 0 Å². The maximum absolute atomic E-state index is 11.1. The van der Waals surface area contributed by atoms with Crippen molar-refractivity contribution in [2.45, 2.75) is 19.0 Å². The van der Waals surface area contributed by atoms with E-state index >= 15 is 0 Å². The summed E-state index contributed by atoms with van der Waals surface area (Å²) < 4.78 is 15.7. The van der Waals surface area contributed by atoms with Gasteiger partial charge in [0.2, 0.25) is 0 Å². The summed E-state index contributed by atoms with van der Waals surface area (Å²) in [5.74, 6) is -0.910. The summed E-state index contributed by atoms with van der Waals surface area (Å²) in [5.41, 5.74) is -0.266. The molecule has 0 bridgehead atoms. The third kappa shape index (κ3) is 4.99. The van der Waals surface area contributed by atoms with Crippen molar-refractivity contribution >= 4 is 13.8 Å². The van der Waals surface area contributed by atoms with Crippen molar-refractivity contribution in [1.29, 1.82) is 0 Å². The highest BCUT2D eigenvalue weighted by atomic mass is 31.1. The van der Waals surface area contributed by atoms with Crippen LogP contribution in [0.15, 0.2) is 0 Å². The van der Waals surface area contributed by atoms with Crippen LogP contribution in [0, 0.1) is 0 Å². The van der Waals surface area contributed by atoms with Crippen LogP contribution in [0.4, 0.5) is 0 Å². The second-order valence-corrected chi connectivity index (χ2v) is 4.61. The van der Waals surface area contributed by atoms with E-state index in [1.54, 1.807) is 6.92 Å². The fourth-order valence-corrected chi connectivity index (χ4v) is 1.63. The lowest BCUT2D eigenvalue weighted by Gasteiger charge is -2.06. The Bertz CT molecular complexity index is 157. The van der Waals surface area contributed by atoms with Crippen molar-refractivity contribution in [2.24, 2.45) is 0 Å². The van der Waals surface area contributed by atoms with Crippen LogP contribution in [0.3, 0.4) is 0 Å². The van der Waals surface area contributed by atoms with Crippen LogP contribution in [-0.4, -0.2) is 30.2 Å². The Hall–Kier alpha value is -0.340. The Kier molecular flexibility index (Phi) is 5.16. The maximum atomic E-state index is 11.1. The van der Waals surface area contributed by atoms with Gasteiger partial charge in [-0.15, -0.1) is 0 Å². The lowest BCUT2D eigenvalue weighted by atomic mass is 10.3. The van der Waals surface area contributed by atoms with E-state index in [1.807, 2.05) is 0 Å². The largest absolute Gasteiger partial charge is 0.481 e. The third-order valence-corrected chi connectivity index (χ3v) is 3.19. The Balaban J connectivity index is 3.73. The molecular weight excluding hydrogens is 167 g/mol. The minimum Gasteiger partial charge on any atom is -0.481 e. The zero-order chi connectivity index (χ0) is 8.85. The van der Waals surface area contributed by atoms with Crippen LogP contribution in [0.25, 0.3) is 0 Å². The van der Waals surface area contributed by atoms with E-state index in [0.29, 0.717) is 0 Å². The first-order chi connectivity index (χ1) is 5.07. The predicted octanol–water partition coefficient (Wildman–Crippen LogP) is 1.01. The molecule has 66 valence electrons. The number of ether oxygens (including phenoxy) is 1. The molecule has 0 heterocycles. The average molecular weight is 180 g/mol. The van der Waals surface area contributed by atoms with Gasteiger partial charge in [0.25, 0.3) is 0 Å². The molecule has 4 nitrogen and oxygen atoms in total. The molecule has 0 aliphatic heterocycles. The van der Waals surface area contributed by atoms with Crippen LogP contribution >= 0.6 is 7.80 Å². The van der Waals surface area contributed by atoms with E-state index < -0.39 is 13.8 Å². The van der Waals surface area contributed by atoms with Crippen molar-refractivity contribution < 1.29 is 19.2 Å². The molecule has 0 aliphatic carbocycles. The van der Waals surface area contributed by atoms with Gasteiger partial charge in [0.15, 0.2) is 0 Å². The molecule has 0 aromatic carbocycles. The SMILES string of the molecule is COC[PH](=O)C(C)CC(=O)O. The van der Waals surface area contributed by atoms with Crippen LogP contribution in [-0.2, 0) is 14.1 Å². The zero-order valence-corrected chi connectivity index (χ0v) is 7.66. The van der Waals surface area contributed by atoms with E-state index in [2.05, 4.69) is 4.74 Å². The molecule has 0 saturated heterocycles. The predicted molar refractivity (Wildman–Crippen MR) is 42.6 cm³/mol. The van der Waals surface area contributed by atoms with Crippen LogP contribution in [0.2, 0.25) is 0 Å². The van der Waals surface area contributed by atoms with Gasteiger partial charge in [0.05, 0.1) is 12.8 Å². The first-order valence-corrected chi connectivity index (χ1v) is 5.00. The van der Waals surface area contributed by atoms with Crippen LogP contribution in [0.5, 0.6) is 0 Å². The number of methoxy groups -OCH3 is 1. The van der Waals surface area contributed by atoms with Crippen molar-refractivity contribution in [3.8, 4) is 0 Å². The number of hydrogen-bond donors (Lipinski definition) is 1. The normalized spacial score (nSPS) is 15.8. The van der Waals surface area contributed by atoms with Gasteiger partial charge >= 0.3 is 5.97 Å². The standard InChI is InChI=1S/C6H13O4P/c1-5(3-6(7)8)11(9)4-10-2/h5,11H,3-4H2,1-2H3,(H,7,8). The second kappa shape index (κ2) is 5.33. The first kappa shape index (κ1) is 10.7. The molecule has 0 aliphatic rings. The number of carbonyl (C=O) groups is 1. The van der Waals surface area contributed by atoms with E-state index in [-0.39, 0.29) is 18.4 Å². The van der Waals surface area contributed by atoms with Gasteiger partial charge in [0.1, 0.15) is 7.80 Å². The molecule has 2 unspecified atom stereocenters. The number of rotatable bonds is 5. The van der Waals surface area contributed by atoms with Crippen LogP contribution in [0.1, 0.15) is 13.3 Å². The average Bonchev–Trinajstić information content (AvgIpc) is 1.86. The van der Waals surface area contributed by atoms with E-state index in [9.17, 15) is 9.36 Å². The molecule has 0 aromatic rings. The van der Waals surface area contributed by atoms with E-state index in [0.717, 1.165) is 0 Å². The van der Waals surface area contributed by atoms with E-state index in [1.165, 1.54) is 7.11 Å². The summed E-state index contributed by atoms with van der Waals surface area (Å²) >= 11 is 0. The minimum absolute atomic E-state index is 0.0405. The minimum atomic E-state index is -1.87. The lowest BCUT2D eigenvalue weighted by Crippen LogP contribution is -2.06. The molecule has 11 heavy (non-hydrogen) atoms. The smallest absolute Gasteiger partial charge is 0.304 e. The zero-order valence-electron chi connectivity index (χ0n) is 6.66. The number of carboxylic acids is 1.